The van der Waals surface area contributed by atoms with Crippen molar-refractivity contribution in [2.75, 3.05) is 37.6 Å². The molecule has 4 heterocycles. The normalized spacial score (nSPS) is 22.8. The van der Waals surface area contributed by atoms with Crippen molar-refractivity contribution in [2.45, 2.75) is 83.3 Å². The highest BCUT2D eigenvalue weighted by molar-refractivity contribution is 6.08. The molecule has 4 fully saturated rings. The topological polar surface area (TPSA) is 100 Å². The maximum absolute atomic E-state index is 15.5. The van der Waals surface area contributed by atoms with Gasteiger partial charge >= 0.3 is 12.1 Å². The van der Waals surface area contributed by atoms with Gasteiger partial charge in [0.25, 0.3) is 0 Å². The second kappa shape index (κ2) is 10.3. The number of hydrogen-bond acceptors (Lipinski definition) is 6. The number of urea groups is 1. The number of fused-ring (bicyclic) bond motifs is 1. The van der Waals surface area contributed by atoms with Gasteiger partial charge in [0, 0.05) is 44.5 Å². The van der Waals surface area contributed by atoms with Crippen molar-refractivity contribution < 1.29 is 23.5 Å². The maximum atomic E-state index is 15.5. The number of aromatic nitrogens is 2. The van der Waals surface area contributed by atoms with Crippen molar-refractivity contribution in [3.05, 3.63) is 23.5 Å². The van der Waals surface area contributed by atoms with Crippen molar-refractivity contribution in [1.82, 2.24) is 24.9 Å². The highest BCUT2D eigenvalue weighted by atomic mass is 19.1. The lowest BCUT2D eigenvalue weighted by molar-refractivity contribution is -0.120. The van der Waals surface area contributed by atoms with E-state index in [9.17, 15) is 14.4 Å². The molecule has 1 aromatic carbocycles. The highest BCUT2D eigenvalue weighted by Crippen LogP contribution is 2.52. The third kappa shape index (κ3) is 5.40. The molecule has 2 aromatic rings. The number of aryl methyl sites for hydroxylation is 1. The fourth-order valence-corrected chi connectivity index (χ4v) is 7.23. The van der Waals surface area contributed by atoms with Gasteiger partial charge in [-0.2, -0.15) is 5.10 Å². The Labute approximate surface area is 240 Å². The van der Waals surface area contributed by atoms with E-state index in [2.05, 4.69) is 15.3 Å². The van der Waals surface area contributed by atoms with Crippen LogP contribution in [0.4, 0.5) is 19.8 Å². The quantitative estimate of drug-likeness (QED) is 0.585. The number of nitrogens with one attached hydrogen (secondary N) is 1. The number of hydrogen-bond donors (Lipinski definition) is 1. The standard InChI is InChI=1S/C30H41FN6O4/c1-29(2,3)41-28(40)36-13-8-30(9-14-36)17-20(18-30)35-10-5-19(6-11-35)21-16-24-22(15-23(21)31)26(33-34(24)4)37-12-7-25(38)32-27(37)39/h15-16,19-20H,5-14,17-18H2,1-4H3,(H,32,38,39). The monoisotopic (exact) mass is 568 g/mol. The minimum Gasteiger partial charge on any atom is -0.444 e. The molecule has 0 unspecified atom stereocenters. The van der Waals surface area contributed by atoms with Crippen LogP contribution in [0, 0.1) is 11.2 Å². The van der Waals surface area contributed by atoms with E-state index in [4.69, 9.17) is 4.74 Å². The van der Waals surface area contributed by atoms with Gasteiger partial charge in [-0.1, -0.05) is 0 Å². The van der Waals surface area contributed by atoms with Crippen LogP contribution in [0.5, 0.6) is 0 Å². The molecule has 4 aliphatic rings. The summed E-state index contributed by atoms with van der Waals surface area (Å²) < 4.78 is 22.8. The molecule has 6 rings (SSSR count). The number of anilines is 1. The van der Waals surface area contributed by atoms with E-state index in [1.807, 2.05) is 31.7 Å². The zero-order chi connectivity index (χ0) is 29.1. The predicted molar refractivity (Wildman–Crippen MR) is 152 cm³/mol. The third-order valence-electron chi connectivity index (χ3n) is 9.56. The Kier molecular flexibility index (Phi) is 6.99. The summed E-state index contributed by atoms with van der Waals surface area (Å²) >= 11 is 0. The molecule has 1 aromatic heterocycles. The maximum Gasteiger partial charge on any atom is 0.410 e. The Morgan fingerprint density at radius 2 is 1.76 bits per heavy atom. The number of nitrogens with zero attached hydrogens (tertiary/aromatic N) is 5. The minimum atomic E-state index is -0.524. The van der Waals surface area contributed by atoms with Crippen molar-refractivity contribution in [1.29, 1.82) is 0 Å². The number of carbonyl (C=O) groups is 3. The first-order chi connectivity index (χ1) is 19.4. The van der Waals surface area contributed by atoms with Crippen LogP contribution in [0.1, 0.15) is 77.2 Å². The van der Waals surface area contributed by atoms with Crippen LogP contribution >= 0.6 is 0 Å². The first kappa shape index (κ1) is 27.9. The number of rotatable bonds is 3. The molecule has 1 N–H and O–H groups in total. The molecule has 4 amide bonds. The molecule has 0 radical (unpaired) electrons. The summed E-state index contributed by atoms with van der Waals surface area (Å²) in [6.07, 6.45) is 6.21. The summed E-state index contributed by atoms with van der Waals surface area (Å²) in [5, 5.41) is 7.40. The summed E-state index contributed by atoms with van der Waals surface area (Å²) in [4.78, 5) is 42.2. The molecule has 222 valence electrons. The van der Waals surface area contributed by atoms with Gasteiger partial charge < -0.3 is 14.5 Å². The molecular weight excluding hydrogens is 527 g/mol. The van der Waals surface area contributed by atoms with Gasteiger partial charge in [0.1, 0.15) is 11.4 Å². The van der Waals surface area contributed by atoms with Gasteiger partial charge in [0.05, 0.1) is 5.52 Å². The number of benzene rings is 1. The van der Waals surface area contributed by atoms with E-state index in [1.165, 1.54) is 23.8 Å². The second-order valence-corrected chi connectivity index (χ2v) is 13.4. The average Bonchev–Trinajstić information content (AvgIpc) is 3.20. The number of likely N-dealkylation sites (tertiary alicyclic amines) is 2. The van der Waals surface area contributed by atoms with Crippen LogP contribution in [0.2, 0.25) is 0 Å². The predicted octanol–water partition coefficient (Wildman–Crippen LogP) is 4.52. The first-order valence-corrected chi connectivity index (χ1v) is 14.9. The van der Waals surface area contributed by atoms with Crippen molar-refractivity contribution in [3.8, 4) is 0 Å². The highest BCUT2D eigenvalue weighted by Gasteiger charge is 2.49. The number of amides is 4. The molecule has 0 bridgehead atoms. The SMILES string of the molecule is Cn1nc(N2CCC(=O)NC2=O)c2cc(F)c(C3CCN(C4CC5(CCN(C(=O)OC(C)(C)C)CC5)C4)CC3)cc21. The van der Waals surface area contributed by atoms with Crippen LogP contribution < -0.4 is 10.2 Å². The van der Waals surface area contributed by atoms with Gasteiger partial charge in [-0.3, -0.25) is 19.7 Å². The summed E-state index contributed by atoms with van der Waals surface area (Å²) in [6.45, 7) is 9.36. The molecule has 3 saturated heterocycles. The molecule has 1 spiro atoms. The molecule has 10 nitrogen and oxygen atoms in total. The fourth-order valence-electron chi connectivity index (χ4n) is 7.23. The lowest BCUT2D eigenvalue weighted by Crippen LogP contribution is -2.57. The zero-order valence-corrected chi connectivity index (χ0v) is 24.5. The van der Waals surface area contributed by atoms with Gasteiger partial charge in [-0.25, -0.2) is 14.0 Å². The van der Waals surface area contributed by atoms with Crippen LogP contribution in [0.3, 0.4) is 0 Å². The number of carbonyl (C=O) groups excluding carboxylic acids is 3. The van der Waals surface area contributed by atoms with Crippen LogP contribution in [0.25, 0.3) is 10.9 Å². The van der Waals surface area contributed by atoms with Crippen LogP contribution in [-0.2, 0) is 16.6 Å². The number of ether oxygens (including phenoxy) is 1. The Bertz CT molecular complexity index is 1360. The van der Waals surface area contributed by atoms with E-state index in [-0.39, 0.29) is 36.7 Å². The molecular formula is C30H41FN6O4. The molecule has 41 heavy (non-hydrogen) atoms. The summed E-state index contributed by atoms with van der Waals surface area (Å²) in [7, 11) is 1.80. The van der Waals surface area contributed by atoms with Crippen LogP contribution in [-0.4, -0.2) is 82.0 Å². The van der Waals surface area contributed by atoms with Gasteiger partial charge in [0.2, 0.25) is 5.91 Å². The van der Waals surface area contributed by atoms with Crippen LogP contribution in [0.15, 0.2) is 12.1 Å². The smallest absolute Gasteiger partial charge is 0.410 e. The van der Waals surface area contributed by atoms with E-state index in [0.29, 0.717) is 28.2 Å². The lowest BCUT2D eigenvalue weighted by atomic mass is 9.59. The lowest BCUT2D eigenvalue weighted by Gasteiger charge is -2.56. The van der Waals surface area contributed by atoms with E-state index in [0.717, 1.165) is 57.4 Å². The van der Waals surface area contributed by atoms with Crippen molar-refractivity contribution in [3.63, 3.8) is 0 Å². The van der Waals surface area contributed by atoms with E-state index < -0.39 is 11.6 Å². The van der Waals surface area contributed by atoms with E-state index >= 15 is 4.39 Å². The fraction of sp³-hybridized carbons (Fsp3) is 0.667. The zero-order valence-electron chi connectivity index (χ0n) is 24.5. The third-order valence-corrected chi connectivity index (χ3v) is 9.56. The van der Waals surface area contributed by atoms with Gasteiger partial charge in [-0.15, -0.1) is 0 Å². The van der Waals surface area contributed by atoms with Crippen molar-refractivity contribution in [2.24, 2.45) is 12.5 Å². The summed E-state index contributed by atoms with van der Waals surface area (Å²) in [5.41, 5.74) is 1.36. The average molecular weight is 569 g/mol. The molecule has 3 aliphatic heterocycles. The number of halogens is 1. The Morgan fingerprint density at radius 3 is 2.39 bits per heavy atom. The van der Waals surface area contributed by atoms with E-state index in [1.54, 1.807) is 11.7 Å². The van der Waals surface area contributed by atoms with Gasteiger partial charge in [0.15, 0.2) is 5.82 Å². The molecule has 1 aliphatic carbocycles. The summed E-state index contributed by atoms with van der Waals surface area (Å²) in [6, 6.07) is 3.44. The van der Waals surface area contributed by atoms with Crippen molar-refractivity contribution >= 4 is 34.8 Å². The molecule has 1 saturated carbocycles. The first-order valence-electron chi connectivity index (χ1n) is 14.9. The van der Waals surface area contributed by atoms with Gasteiger partial charge in [-0.05, 0) is 101 Å². The number of imide groups is 1. The summed E-state index contributed by atoms with van der Waals surface area (Å²) in [5.74, 6) is -0.0652. The Balaban J connectivity index is 1.05. The Morgan fingerprint density at radius 1 is 1.07 bits per heavy atom. The second-order valence-electron chi connectivity index (χ2n) is 13.4. The largest absolute Gasteiger partial charge is 0.444 e. The minimum absolute atomic E-state index is 0.135. The molecule has 0 atom stereocenters. The molecule has 11 heteroatoms. The number of piperidine rings is 2. The Hall–Kier alpha value is -3.21.